The highest BCUT2D eigenvalue weighted by Crippen LogP contribution is 2.27. The van der Waals surface area contributed by atoms with Crippen molar-refractivity contribution in [1.82, 2.24) is 0 Å². The van der Waals surface area contributed by atoms with E-state index < -0.39 is 0 Å². The molecule has 0 aliphatic heterocycles. The van der Waals surface area contributed by atoms with Crippen LogP contribution >= 0.6 is 12.2 Å². The predicted octanol–water partition coefficient (Wildman–Crippen LogP) is 1.95. The Kier molecular flexibility index (Phi) is 4.91. The maximum atomic E-state index is 11.7. The first kappa shape index (κ1) is 14.2. The highest BCUT2D eigenvalue weighted by atomic mass is 32.1. The molecule has 0 aromatic heterocycles. The molecule has 0 spiro atoms. The van der Waals surface area contributed by atoms with Gasteiger partial charge in [0, 0.05) is 12.0 Å². The summed E-state index contributed by atoms with van der Waals surface area (Å²) >= 11 is 4.79. The first-order chi connectivity index (χ1) is 8.43. The van der Waals surface area contributed by atoms with Gasteiger partial charge in [-0.3, -0.25) is 4.79 Å². The number of nitrogens with two attached hydrogens (primary N) is 1. The van der Waals surface area contributed by atoms with Gasteiger partial charge in [0.05, 0.1) is 18.5 Å². The quantitative estimate of drug-likeness (QED) is 0.727. The molecule has 0 unspecified atom stereocenters. The predicted molar refractivity (Wildman–Crippen MR) is 76.9 cm³/mol. The first-order valence-electron chi connectivity index (χ1n) is 5.49. The number of nitrogens with one attached hydrogen (secondary N) is 2. The molecule has 0 heterocycles. The second kappa shape index (κ2) is 6.20. The number of rotatable bonds is 4. The molecule has 5 nitrogen and oxygen atoms in total. The molecule has 4 N–H and O–H groups in total. The van der Waals surface area contributed by atoms with Gasteiger partial charge in [-0.05, 0) is 24.4 Å². The zero-order chi connectivity index (χ0) is 13.7. The summed E-state index contributed by atoms with van der Waals surface area (Å²) in [7, 11) is 1.56. The van der Waals surface area contributed by atoms with Crippen molar-refractivity contribution in [1.29, 1.82) is 0 Å². The molecule has 0 aliphatic carbocycles. The standard InChI is InChI=1S/C12H17N3O2S/c1-7(2)11(16)14-10-6-8(17-3)4-5-9(10)15-12(13)18/h4-7H,1-3H3,(H,14,16)(H3,13,15,18). The molecule has 0 bridgehead atoms. The Morgan fingerprint density at radius 3 is 2.50 bits per heavy atom. The molecule has 0 aliphatic rings. The van der Waals surface area contributed by atoms with E-state index in [2.05, 4.69) is 10.6 Å². The fourth-order valence-corrected chi connectivity index (χ4v) is 1.38. The Balaban J connectivity index is 3.03. The molecule has 1 aromatic rings. The van der Waals surface area contributed by atoms with Crippen molar-refractivity contribution in [3.05, 3.63) is 18.2 Å². The Bertz CT molecular complexity index is 461. The van der Waals surface area contributed by atoms with Crippen LogP contribution in [0.25, 0.3) is 0 Å². The molecule has 6 heteroatoms. The Morgan fingerprint density at radius 2 is 2.00 bits per heavy atom. The molecule has 0 saturated carbocycles. The molecule has 0 radical (unpaired) electrons. The van der Waals surface area contributed by atoms with Gasteiger partial charge in [0.1, 0.15) is 5.75 Å². The van der Waals surface area contributed by atoms with E-state index in [0.29, 0.717) is 17.1 Å². The average Bonchev–Trinajstić information content (AvgIpc) is 2.30. The highest BCUT2D eigenvalue weighted by Gasteiger charge is 2.11. The monoisotopic (exact) mass is 267 g/mol. The molecule has 1 amide bonds. The third kappa shape index (κ3) is 3.89. The van der Waals surface area contributed by atoms with Crippen LogP contribution in [0.5, 0.6) is 5.75 Å². The van der Waals surface area contributed by atoms with E-state index in [1.807, 2.05) is 13.8 Å². The van der Waals surface area contributed by atoms with Crippen LogP contribution in [0.3, 0.4) is 0 Å². The van der Waals surface area contributed by atoms with Crippen molar-refractivity contribution < 1.29 is 9.53 Å². The largest absolute Gasteiger partial charge is 0.497 e. The number of ether oxygens (including phenoxy) is 1. The number of thiocarbonyl (C=S) groups is 1. The van der Waals surface area contributed by atoms with E-state index in [4.69, 9.17) is 22.7 Å². The summed E-state index contributed by atoms with van der Waals surface area (Å²) in [5.74, 6) is 0.436. The van der Waals surface area contributed by atoms with Crippen LogP contribution in [-0.4, -0.2) is 18.1 Å². The number of carbonyl (C=O) groups excluding carboxylic acids is 1. The summed E-state index contributed by atoms with van der Waals surface area (Å²) in [6, 6.07) is 5.21. The first-order valence-corrected chi connectivity index (χ1v) is 5.90. The molecular weight excluding hydrogens is 250 g/mol. The lowest BCUT2D eigenvalue weighted by Crippen LogP contribution is -2.22. The number of amides is 1. The third-order valence-corrected chi connectivity index (χ3v) is 2.37. The van der Waals surface area contributed by atoms with Gasteiger partial charge >= 0.3 is 0 Å². The van der Waals surface area contributed by atoms with Gasteiger partial charge in [-0.1, -0.05) is 13.8 Å². The van der Waals surface area contributed by atoms with Gasteiger partial charge in [-0.25, -0.2) is 0 Å². The zero-order valence-corrected chi connectivity index (χ0v) is 11.4. The maximum Gasteiger partial charge on any atom is 0.226 e. The molecular formula is C12H17N3O2S. The maximum absolute atomic E-state index is 11.7. The summed E-state index contributed by atoms with van der Waals surface area (Å²) < 4.78 is 5.11. The third-order valence-electron chi connectivity index (χ3n) is 2.27. The van der Waals surface area contributed by atoms with E-state index in [0.717, 1.165) is 0 Å². The lowest BCUT2D eigenvalue weighted by atomic mass is 10.2. The minimum Gasteiger partial charge on any atom is -0.497 e. The lowest BCUT2D eigenvalue weighted by Gasteiger charge is -2.14. The van der Waals surface area contributed by atoms with Gasteiger partial charge in [0.25, 0.3) is 0 Å². The molecule has 1 rings (SSSR count). The minimum absolute atomic E-state index is 0.0887. The second-order valence-corrected chi connectivity index (χ2v) is 4.48. The van der Waals surface area contributed by atoms with Gasteiger partial charge in [-0.15, -0.1) is 0 Å². The summed E-state index contributed by atoms with van der Waals surface area (Å²) in [4.78, 5) is 11.7. The molecule has 1 aromatic carbocycles. The zero-order valence-electron chi connectivity index (χ0n) is 10.6. The van der Waals surface area contributed by atoms with Crippen LogP contribution in [0, 0.1) is 5.92 Å². The van der Waals surface area contributed by atoms with Crippen molar-refractivity contribution in [3.8, 4) is 5.75 Å². The Hall–Kier alpha value is -1.82. The lowest BCUT2D eigenvalue weighted by molar-refractivity contribution is -0.118. The summed E-state index contributed by atoms with van der Waals surface area (Å²) in [6.07, 6.45) is 0. The van der Waals surface area contributed by atoms with Crippen molar-refractivity contribution in [2.24, 2.45) is 11.7 Å². The number of benzene rings is 1. The van der Waals surface area contributed by atoms with Crippen molar-refractivity contribution in [3.63, 3.8) is 0 Å². The molecule has 0 atom stereocenters. The van der Waals surface area contributed by atoms with Crippen LogP contribution in [0.4, 0.5) is 11.4 Å². The molecule has 98 valence electrons. The Morgan fingerprint density at radius 1 is 1.33 bits per heavy atom. The van der Waals surface area contributed by atoms with Crippen LogP contribution in [-0.2, 0) is 4.79 Å². The van der Waals surface area contributed by atoms with E-state index in [1.54, 1.807) is 25.3 Å². The summed E-state index contributed by atoms with van der Waals surface area (Å²) in [5.41, 5.74) is 6.65. The summed E-state index contributed by atoms with van der Waals surface area (Å²) in [6.45, 7) is 3.63. The number of anilines is 2. The average molecular weight is 267 g/mol. The number of methoxy groups -OCH3 is 1. The van der Waals surface area contributed by atoms with Gasteiger partial charge in [0.15, 0.2) is 5.11 Å². The number of carbonyl (C=O) groups is 1. The van der Waals surface area contributed by atoms with Crippen molar-refractivity contribution in [2.45, 2.75) is 13.8 Å². The fraction of sp³-hybridized carbons (Fsp3) is 0.333. The SMILES string of the molecule is COc1ccc(NC(N)=S)c(NC(=O)C(C)C)c1. The van der Waals surface area contributed by atoms with E-state index in [-0.39, 0.29) is 16.9 Å². The van der Waals surface area contributed by atoms with Gasteiger partial charge in [0.2, 0.25) is 5.91 Å². The minimum atomic E-state index is -0.117. The van der Waals surface area contributed by atoms with E-state index >= 15 is 0 Å². The molecule has 0 fully saturated rings. The number of hydrogen-bond donors (Lipinski definition) is 3. The smallest absolute Gasteiger partial charge is 0.226 e. The Labute approximate surface area is 112 Å². The molecule has 18 heavy (non-hydrogen) atoms. The van der Waals surface area contributed by atoms with Gasteiger partial charge in [-0.2, -0.15) is 0 Å². The number of hydrogen-bond acceptors (Lipinski definition) is 3. The van der Waals surface area contributed by atoms with Crippen LogP contribution < -0.4 is 21.1 Å². The van der Waals surface area contributed by atoms with Crippen molar-refractivity contribution >= 4 is 34.6 Å². The highest BCUT2D eigenvalue weighted by molar-refractivity contribution is 7.80. The summed E-state index contributed by atoms with van der Waals surface area (Å²) in [5, 5.41) is 5.74. The van der Waals surface area contributed by atoms with Crippen LogP contribution in [0.2, 0.25) is 0 Å². The second-order valence-electron chi connectivity index (χ2n) is 4.04. The topological polar surface area (TPSA) is 76.4 Å². The van der Waals surface area contributed by atoms with Crippen LogP contribution in [0.15, 0.2) is 18.2 Å². The van der Waals surface area contributed by atoms with Gasteiger partial charge < -0.3 is 21.1 Å². The molecule has 0 saturated heterocycles. The van der Waals surface area contributed by atoms with Crippen molar-refractivity contribution in [2.75, 3.05) is 17.7 Å². The van der Waals surface area contributed by atoms with E-state index in [1.165, 1.54) is 0 Å². The normalized spacial score (nSPS) is 10.0. The fourth-order valence-electron chi connectivity index (χ4n) is 1.27. The van der Waals surface area contributed by atoms with Crippen LogP contribution in [0.1, 0.15) is 13.8 Å². The van der Waals surface area contributed by atoms with E-state index in [9.17, 15) is 4.79 Å².